The number of hydrogen-bond donors (Lipinski definition) is 0. The summed E-state index contributed by atoms with van der Waals surface area (Å²) in [4.78, 5) is 0. The average Bonchev–Trinajstić information content (AvgIpc) is 2.31. The fraction of sp³-hybridized carbons (Fsp3) is 0.231. The Morgan fingerprint density at radius 3 is 2.59 bits per heavy atom. The molecular weight excluding hydrogens is 255 g/mol. The van der Waals surface area contributed by atoms with E-state index in [1.807, 2.05) is 30.3 Å². The predicted octanol–water partition coefficient (Wildman–Crippen LogP) is 4.40. The minimum absolute atomic E-state index is 0.421. The lowest BCUT2D eigenvalue weighted by atomic mass is 10.0. The van der Waals surface area contributed by atoms with Gasteiger partial charge >= 0.3 is 0 Å². The van der Waals surface area contributed by atoms with Gasteiger partial charge < -0.3 is 0 Å². The largest absolute Gasteiger partial charge is 0.152 e. The SMILES string of the molecule is CCCc1cc(Cl)nnc1-c1ccccc1Cl. The van der Waals surface area contributed by atoms with Crippen molar-refractivity contribution in [3.63, 3.8) is 0 Å². The molecule has 0 radical (unpaired) electrons. The zero-order valence-corrected chi connectivity index (χ0v) is 11.0. The monoisotopic (exact) mass is 266 g/mol. The molecule has 0 amide bonds. The molecule has 17 heavy (non-hydrogen) atoms. The molecule has 0 atom stereocenters. The first-order valence-corrected chi connectivity index (χ1v) is 6.25. The molecule has 0 bridgehead atoms. The van der Waals surface area contributed by atoms with Crippen molar-refractivity contribution in [3.8, 4) is 11.3 Å². The zero-order chi connectivity index (χ0) is 12.3. The Morgan fingerprint density at radius 1 is 1.12 bits per heavy atom. The van der Waals surface area contributed by atoms with Gasteiger partial charge in [-0.1, -0.05) is 54.7 Å². The van der Waals surface area contributed by atoms with E-state index in [9.17, 15) is 0 Å². The average molecular weight is 267 g/mol. The number of benzene rings is 1. The van der Waals surface area contributed by atoms with Gasteiger partial charge in [-0.3, -0.25) is 0 Å². The van der Waals surface area contributed by atoms with E-state index in [2.05, 4.69) is 17.1 Å². The second kappa shape index (κ2) is 5.48. The first-order valence-electron chi connectivity index (χ1n) is 5.49. The maximum absolute atomic E-state index is 6.17. The second-order valence-electron chi connectivity index (χ2n) is 3.77. The Labute approximate surface area is 111 Å². The first-order chi connectivity index (χ1) is 8.22. The predicted molar refractivity (Wildman–Crippen MR) is 71.5 cm³/mol. The topological polar surface area (TPSA) is 25.8 Å². The molecule has 0 N–H and O–H groups in total. The normalized spacial score (nSPS) is 10.5. The van der Waals surface area contributed by atoms with Crippen molar-refractivity contribution >= 4 is 23.2 Å². The van der Waals surface area contributed by atoms with Crippen molar-refractivity contribution in [1.29, 1.82) is 0 Å². The quantitative estimate of drug-likeness (QED) is 0.823. The summed E-state index contributed by atoms with van der Waals surface area (Å²) >= 11 is 12.0. The third-order valence-corrected chi connectivity index (χ3v) is 3.01. The van der Waals surface area contributed by atoms with Crippen LogP contribution in [-0.4, -0.2) is 10.2 Å². The molecule has 0 fully saturated rings. The third-order valence-electron chi connectivity index (χ3n) is 2.49. The molecule has 1 aromatic heterocycles. The van der Waals surface area contributed by atoms with Crippen LogP contribution in [0.15, 0.2) is 30.3 Å². The Balaban J connectivity index is 2.55. The summed E-state index contributed by atoms with van der Waals surface area (Å²) in [6, 6.07) is 9.49. The molecule has 2 rings (SSSR count). The fourth-order valence-electron chi connectivity index (χ4n) is 1.74. The van der Waals surface area contributed by atoms with Gasteiger partial charge in [0.05, 0.1) is 10.7 Å². The summed E-state index contributed by atoms with van der Waals surface area (Å²) in [5, 5.41) is 9.16. The molecule has 1 heterocycles. The maximum atomic E-state index is 6.17. The number of nitrogens with zero attached hydrogens (tertiary/aromatic N) is 2. The molecule has 0 saturated carbocycles. The van der Waals surface area contributed by atoms with Crippen molar-refractivity contribution in [2.24, 2.45) is 0 Å². The molecule has 2 aromatic rings. The minimum atomic E-state index is 0.421. The van der Waals surface area contributed by atoms with Gasteiger partial charge in [-0.25, -0.2) is 0 Å². The third kappa shape index (κ3) is 2.76. The summed E-state index contributed by atoms with van der Waals surface area (Å²) in [5.74, 6) is 0. The van der Waals surface area contributed by atoms with Crippen LogP contribution >= 0.6 is 23.2 Å². The number of aryl methyl sites for hydroxylation is 1. The first kappa shape index (κ1) is 12.3. The van der Waals surface area contributed by atoms with E-state index >= 15 is 0 Å². The standard InChI is InChI=1S/C13H12Cl2N2/c1-2-5-9-8-12(15)16-17-13(9)10-6-3-4-7-11(10)14/h3-4,6-8H,2,5H2,1H3. The van der Waals surface area contributed by atoms with Gasteiger partial charge in [0, 0.05) is 5.56 Å². The van der Waals surface area contributed by atoms with E-state index < -0.39 is 0 Å². The molecule has 88 valence electrons. The summed E-state index contributed by atoms with van der Waals surface area (Å²) < 4.78 is 0. The molecule has 0 aliphatic carbocycles. The van der Waals surface area contributed by atoms with E-state index in [1.165, 1.54) is 0 Å². The van der Waals surface area contributed by atoms with Crippen LogP contribution in [0.2, 0.25) is 10.2 Å². The second-order valence-corrected chi connectivity index (χ2v) is 4.57. The molecular formula is C13H12Cl2N2. The lowest BCUT2D eigenvalue weighted by Crippen LogP contribution is -1.96. The van der Waals surface area contributed by atoms with Crippen molar-refractivity contribution in [1.82, 2.24) is 10.2 Å². The van der Waals surface area contributed by atoms with Crippen LogP contribution in [0.3, 0.4) is 0 Å². The van der Waals surface area contributed by atoms with E-state index in [4.69, 9.17) is 23.2 Å². The maximum Gasteiger partial charge on any atom is 0.152 e. The van der Waals surface area contributed by atoms with E-state index in [-0.39, 0.29) is 0 Å². The van der Waals surface area contributed by atoms with Gasteiger partial charge in [0.2, 0.25) is 0 Å². The lowest BCUT2D eigenvalue weighted by Gasteiger charge is -2.08. The Bertz CT molecular complexity index is 527. The molecule has 2 nitrogen and oxygen atoms in total. The summed E-state index contributed by atoms with van der Waals surface area (Å²) in [6.45, 7) is 2.12. The fourth-order valence-corrected chi connectivity index (χ4v) is 2.14. The van der Waals surface area contributed by atoms with Crippen LogP contribution in [-0.2, 0) is 6.42 Å². The summed E-state index contributed by atoms with van der Waals surface area (Å²) in [5.41, 5.74) is 2.81. The lowest BCUT2D eigenvalue weighted by molar-refractivity contribution is 0.897. The van der Waals surface area contributed by atoms with Crippen LogP contribution in [0.5, 0.6) is 0 Å². The Kier molecular flexibility index (Phi) is 3.97. The van der Waals surface area contributed by atoms with Gasteiger partial charge in [0.1, 0.15) is 0 Å². The number of rotatable bonds is 3. The summed E-state index contributed by atoms with van der Waals surface area (Å²) in [6.07, 6.45) is 1.94. The van der Waals surface area contributed by atoms with Gasteiger partial charge in [0.25, 0.3) is 0 Å². The molecule has 0 saturated heterocycles. The van der Waals surface area contributed by atoms with E-state index in [1.54, 1.807) is 0 Å². The molecule has 0 spiro atoms. The molecule has 4 heteroatoms. The smallest absolute Gasteiger partial charge is 0.149 e. The Hall–Kier alpha value is -1.12. The highest BCUT2D eigenvalue weighted by molar-refractivity contribution is 6.33. The van der Waals surface area contributed by atoms with Crippen LogP contribution in [0.1, 0.15) is 18.9 Å². The van der Waals surface area contributed by atoms with Gasteiger partial charge in [-0.05, 0) is 24.1 Å². The van der Waals surface area contributed by atoms with E-state index in [0.717, 1.165) is 29.7 Å². The number of hydrogen-bond acceptors (Lipinski definition) is 2. The van der Waals surface area contributed by atoms with Crippen molar-refractivity contribution < 1.29 is 0 Å². The molecule has 0 aliphatic rings. The highest BCUT2D eigenvalue weighted by Gasteiger charge is 2.11. The highest BCUT2D eigenvalue weighted by atomic mass is 35.5. The number of aromatic nitrogens is 2. The number of halogens is 2. The van der Waals surface area contributed by atoms with Crippen LogP contribution < -0.4 is 0 Å². The van der Waals surface area contributed by atoms with Crippen LogP contribution in [0.4, 0.5) is 0 Å². The van der Waals surface area contributed by atoms with E-state index in [0.29, 0.717) is 10.2 Å². The van der Waals surface area contributed by atoms with Crippen LogP contribution in [0.25, 0.3) is 11.3 Å². The van der Waals surface area contributed by atoms with Crippen molar-refractivity contribution in [3.05, 3.63) is 46.1 Å². The van der Waals surface area contributed by atoms with Gasteiger partial charge in [0.15, 0.2) is 5.15 Å². The zero-order valence-electron chi connectivity index (χ0n) is 9.45. The van der Waals surface area contributed by atoms with Gasteiger partial charge in [-0.15, -0.1) is 10.2 Å². The van der Waals surface area contributed by atoms with Crippen molar-refractivity contribution in [2.45, 2.75) is 19.8 Å². The molecule has 0 unspecified atom stereocenters. The Morgan fingerprint density at radius 2 is 1.88 bits per heavy atom. The van der Waals surface area contributed by atoms with Crippen molar-refractivity contribution in [2.75, 3.05) is 0 Å². The molecule has 0 aliphatic heterocycles. The molecule has 1 aromatic carbocycles. The van der Waals surface area contributed by atoms with Crippen LogP contribution in [0, 0.1) is 0 Å². The summed E-state index contributed by atoms with van der Waals surface area (Å²) in [7, 11) is 0. The minimum Gasteiger partial charge on any atom is -0.149 e. The highest BCUT2D eigenvalue weighted by Crippen LogP contribution is 2.29. The van der Waals surface area contributed by atoms with Gasteiger partial charge in [-0.2, -0.15) is 0 Å².